The molecule has 5 saturated carbocycles. The fourth-order valence-electron chi connectivity index (χ4n) is 12.1. The van der Waals surface area contributed by atoms with E-state index in [1.54, 1.807) is 6.92 Å². The van der Waals surface area contributed by atoms with Crippen molar-refractivity contribution in [1.29, 1.82) is 0 Å². The summed E-state index contributed by atoms with van der Waals surface area (Å²) in [6.45, 7) is 21.9. The summed E-state index contributed by atoms with van der Waals surface area (Å²) < 4.78 is 6.39. The number of fused-ring (bicyclic) bond motifs is 3. The normalized spacial score (nSPS) is 33.0. The van der Waals surface area contributed by atoms with Crippen LogP contribution in [0.1, 0.15) is 170 Å². The van der Waals surface area contributed by atoms with E-state index in [1.165, 1.54) is 77.4 Å². The molecule has 9 atom stereocenters. The second-order valence-corrected chi connectivity index (χ2v) is 21.0. The van der Waals surface area contributed by atoms with Crippen LogP contribution in [0.5, 0.6) is 0 Å². The molecule has 5 aliphatic rings. The van der Waals surface area contributed by atoms with E-state index in [2.05, 4.69) is 49.7 Å². The van der Waals surface area contributed by atoms with E-state index in [1.807, 2.05) is 0 Å². The van der Waals surface area contributed by atoms with Crippen molar-refractivity contribution >= 4 is 11.9 Å². The van der Waals surface area contributed by atoms with Crippen LogP contribution in [0.3, 0.4) is 0 Å². The number of nitrogens with two attached hydrogens (primary N) is 1. The van der Waals surface area contributed by atoms with Gasteiger partial charge in [0.15, 0.2) is 0 Å². The molecule has 0 aromatic rings. The standard InChI is InChI=1S/C48H88N4O4/c1-35(2)13-9-14-44(46(55)50-26-12-30-52(34-39-18-19-39)28-8-7-27-51(29-11-25-49)33-38-16-17-38)48(6)23-10-15-43-42(36(3)31-45(48)56-37(4)53)21-20-40-32-41(54)22-24-47(40,43)5/h35-36,38-45,54H,7-34,49H2,1-6H3,(H,50,55). The van der Waals surface area contributed by atoms with Crippen LogP contribution >= 0.6 is 0 Å². The van der Waals surface area contributed by atoms with Gasteiger partial charge in [-0.3, -0.25) is 9.59 Å². The molecule has 1 amide bonds. The largest absolute Gasteiger partial charge is 0.462 e. The molecule has 0 aromatic heterocycles. The molecular formula is C48H88N4O4. The molecule has 8 heteroatoms. The van der Waals surface area contributed by atoms with Crippen LogP contribution in [0.4, 0.5) is 0 Å². The highest BCUT2D eigenvalue weighted by Crippen LogP contribution is 2.60. The summed E-state index contributed by atoms with van der Waals surface area (Å²) >= 11 is 0. The number of hydrogen-bond acceptors (Lipinski definition) is 7. The minimum Gasteiger partial charge on any atom is -0.462 e. The molecule has 0 spiro atoms. The van der Waals surface area contributed by atoms with Gasteiger partial charge >= 0.3 is 5.97 Å². The Kier molecular flexibility index (Phi) is 17.9. The minimum absolute atomic E-state index is 0.147. The number of nitrogens with one attached hydrogen (secondary N) is 1. The number of hydrogen-bond donors (Lipinski definition) is 3. The maximum atomic E-state index is 14.6. The van der Waals surface area contributed by atoms with Gasteiger partial charge in [0.05, 0.1) is 6.10 Å². The molecule has 0 aromatic carbocycles. The number of esters is 1. The molecule has 56 heavy (non-hydrogen) atoms. The zero-order valence-electron chi connectivity index (χ0n) is 37.2. The van der Waals surface area contributed by atoms with Gasteiger partial charge in [-0.1, -0.05) is 53.9 Å². The molecule has 0 saturated heterocycles. The van der Waals surface area contributed by atoms with Crippen molar-refractivity contribution in [2.75, 3.05) is 52.4 Å². The Morgan fingerprint density at radius 1 is 0.821 bits per heavy atom. The van der Waals surface area contributed by atoms with Crippen LogP contribution in [0.15, 0.2) is 0 Å². The number of carbonyl (C=O) groups is 2. The topological polar surface area (TPSA) is 108 Å². The summed E-state index contributed by atoms with van der Waals surface area (Å²) in [6.07, 6.45) is 22.0. The van der Waals surface area contributed by atoms with Gasteiger partial charge in [-0.15, -0.1) is 0 Å². The van der Waals surface area contributed by atoms with Gasteiger partial charge in [0, 0.05) is 37.9 Å². The van der Waals surface area contributed by atoms with Crippen molar-refractivity contribution in [3.8, 4) is 0 Å². The maximum Gasteiger partial charge on any atom is 0.302 e. The first-order chi connectivity index (χ1) is 26.8. The summed E-state index contributed by atoms with van der Waals surface area (Å²) in [5.74, 6) is 4.36. The monoisotopic (exact) mass is 785 g/mol. The molecule has 4 N–H and O–H groups in total. The van der Waals surface area contributed by atoms with E-state index in [-0.39, 0.29) is 35.4 Å². The third-order valence-electron chi connectivity index (χ3n) is 15.9. The van der Waals surface area contributed by atoms with E-state index < -0.39 is 5.41 Å². The fraction of sp³-hybridized carbons (Fsp3) is 0.958. The average molecular weight is 785 g/mol. The predicted molar refractivity (Wildman–Crippen MR) is 230 cm³/mol. The molecule has 0 heterocycles. The lowest BCUT2D eigenvalue weighted by molar-refractivity contribution is -0.162. The first-order valence-corrected chi connectivity index (χ1v) is 24.1. The zero-order chi connectivity index (χ0) is 40.3. The number of amides is 1. The molecule has 0 radical (unpaired) electrons. The molecule has 9 unspecified atom stereocenters. The lowest BCUT2D eigenvalue weighted by atomic mass is 9.50. The Bertz CT molecular complexity index is 1190. The minimum atomic E-state index is -0.424. The van der Waals surface area contributed by atoms with Crippen molar-refractivity contribution in [1.82, 2.24) is 15.1 Å². The van der Waals surface area contributed by atoms with E-state index in [4.69, 9.17) is 10.5 Å². The maximum absolute atomic E-state index is 14.6. The Morgan fingerprint density at radius 2 is 1.46 bits per heavy atom. The van der Waals surface area contributed by atoms with Crippen LogP contribution in [0.25, 0.3) is 0 Å². The molecule has 5 aliphatic carbocycles. The molecule has 8 nitrogen and oxygen atoms in total. The molecular weight excluding hydrogens is 697 g/mol. The first kappa shape index (κ1) is 45.9. The van der Waals surface area contributed by atoms with Crippen LogP contribution in [-0.2, 0) is 14.3 Å². The highest BCUT2D eigenvalue weighted by Gasteiger charge is 2.54. The van der Waals surface area contributed by atoms with Crippen LogP contribution in [0, 0.1) is 58.2 Å². The number of aliphatic hydroxyl groups is 1. The third-order valence-corrected chi connectivity index (χ3v) is 15.9. The number of carbonyl (C=O) groups excluding carboxylic acids is 2. The van der Waals surface area contributed by atoms with Crippen molar-refractivity contribution in [3.05, 3.63) is 0 Å². The summed E-state index contributed by atoms with van der Waals surface area (Å²) in [7, 11) is 0. The fourth-order valence-corrected chi connectivity index (χ4v) is 12.1. The second-order valence-electron chi connectivity index (χ2n) is 21.0. The predicted octanol–water partition coefficient (Wildman–Crippen LogP) is 8.83. The smallest absolute Gasteiger partial charge is 0.302 e. The molecule has 0 aliphatic heterocycles. The van der Waals surface area contributed by atoms with Gasteiger partial charge in [0.1, 0.15) is 6.10 Å². The summed E-state index contributed by atoms with van der Waals surface area (Å²) in [4.78, 5) is 32.8. The number of nitrogens with zero attached hydrogens (tertiary/aromatic N) is 2. The second kappa shape index (κ2) is 21.9. The van der Waals surface area contributed by atoms with Crippen molar-refractivity contribution in [3.63, 3.8) is 0 Å². The van der Waals surface area contributed by atoms with Crippen LogP contribution in [0.2, 0.25) is 0 Å². The van der Waals surface area contributed by atoms with Crippen LogP contribution < -0.4 is 11.1 Å². The van der Waals surface area contributed by atoms with E-state index in [9.17, 15) is 14.7 Å². The molecule has 324 valence electrons. The number of aliphatic hydroxyl groups excluding tert-OH is 1. The Morgan fingerprint density at radius 3 is 2.07 bits per heavy atom. The SMILES string of the molecule is CC(=O)OC1CC(C)C2CCC3CC(O)CCC3(C)C2CCCC1(C)C(CCCC(C)C)C(=O)NCCCN(CCCCN(CCCN)CC1CC1)CC1CC1. The van der Waals surface area contributed by atoms with Gasteiger partial charge in [0.2, 0.25) is 5.91 Å². The lowest BCUT2D eigenvalue weighted by Gasteiger charge is -2.56. The molecule has 0 bridgehead atoms. The van der Waals surface area contributed by atoms with Gasteiger partial charge in [0.25, 0.3) is 0 Å². The molecule has 5 rings (SSSR count). The van der Waals surface area contributed by atoms with Gasteiger partial charge < -0.3 is 30.7 Å². The summed E-state index contributed by atoms with van der Waals surface area (Å²) in [5.41, 5.74) is 5.68. The van der Waals surface area contributed by atoms with Crippen molar-refractivity contribution < 1.29 is 19.4 Å². The van der Waals surface area contributed by atoms with Gasteiger partial charge in [-0.2, -0.15) is 0 Å². The Labute approximate surface area is 344 Å². The highest BCUT2D eigenvalue weighted by atomic mass is 16.5. The Hall–Kier alpha value is -1.22. The Balaban J connectivity index is 1.22. The number of unbranched alkanes of at least 4 members (excludes halogenated alkanes) is 1. The lowest BCUT2D eigenvalue weighted by Crippen LogP contribution is -2.50. The number of rotatable bonds is 23. The van der Waals surface area contributed by atoms with Crippen molar-refractivity contribution in [2.45, 2.75) is 182 Å². The first-order valence-electron chi connectivity index (χ1n) is 24.1. The third kappa shape index (κ3) is 13.4. The average Bonchev–Trinajstić information content (AvgIpc) is 4.09. The highest BCUT2D eigenvalue weighted by molar-refractivity contribution is 5.79. The number of ether oxygens (including phenoxy) is 1. The van der Waals surface area contributed by atoms with E-state index in [0.717, 1.165) is 109 Å². The summed E-state index contributed by atoms with van der Waals surface area (Å²) in [5, 5.41) is 14.1. The van der Waals surface area contributed by atoms with Crippen molar-refractivity contribution in [2.24, 2.45) is 63.9 Å². The summed E-state index contributed by atoms with van der Waals surface area (Å²) in [6, 6.07) is 0. The quantitative estimate of drug-likeness (QED) is 0.0702. The van der Waals surface area contributed by atoms with Crippen LogP contribution in [-0.4, -0.2) is 91.3 Å². The molecule has 5 fully saturated rings. The van der Waals surface area contributed by atoms with Gasteiger partial charge in [-0.05, 0) is 189 Å². The van der Waals surface area contributed by atoms with E-state index >= 15 is 0 Å². The van der Waals surface area contributed by atoms with Gasteiger partial charge in [-0.25, -0.2) is 0 Å². The van der Waals surface area contributed by atoms with E-state index in [0.29, 0.717) is 36.1 Å². The zero-order valence-corrected chi connectivity index (χ0v) is 37.2.